The van der Waals surface area contributed by atoms with E-state index in [4.69, 9.17) is 11.6 Å². The van der Waals surface area contributed by atoms with Gasteiger partial charge >= 0.3 is 0 Å². The van der Waals surface area contributed by atoms with E-state index in [1.165, 1.54) is 0 Å². The molecule has 1 atom stereocenters. The number of nitrogens with zero attached hydrogens (tertiary/aromatic N) is 3. The van der Waals surface area contributed by atoms with Crippen molar-refractivity contribution < 1.29 is 0 Å². The Bertz CT molecular complexity index is 346. The first-order valence-electron chi connectivity index (χ1n) is 6.31. The first-order valence-corrected chi connectivity index (χ1v) is 6.85. The van der Waals surface area contributed by atoms with Crippen LogP contribution < -0.4 is 0 Å². The summed E-state index contributed by atoms with van der Waals surface area (Å²) in [6.45, 7) is 11.9. The molecule has 0 aliphatic carbocycles. The van der Waals surface area contributed by atoms with Crippen LogP contribution in [0.25, 0.3) is 0 Å². The molecule has 17 heavy (non-hydrogen) atoms. The molecule has 1 rings (SSSR count). The topological polar surface area (TPSA) is 30.7 Å². The highest BCUT2D eigenvalue weighted by Crippen LogP contribution is 2.32. The third-order valence-corrected chi connectivity index (χ3v) is 4.11. The van der Waals surface area contributed by atoms with Gasteiger partial charge in [-0.3, -0.25) is 0 Å². The Morgan fingerprint density at radius 1 is 1.35 bits per heavy atom. The van der Waals surface area contributed by atoms with Crippen LogP contribution in [-0.4, -0.2) is 20.6 Å². The monoisotopic (exact) mass is 257 g/mol. The number of rotatable bonds is 6. The summed E-state index contributed by atoms with van der Waals surface area (Å²) in [5.41, 5.74) is 0.0866. The van der Waals surface area contributed by atoms with Gasteiger partial charge in [0.05, 0.1) is 0 Å². The van der Waals surface area contributed by atoms with Crippen LogP contribution in [-0.2, 0) is 13.0 Å². The second kappa shape index (κ2) is 5.85. The number of hydrogen-bond donors (Lipinski definition) is 0. The van der Waals surface area contributed by atoms with Gasteiger partial charge < -0.3 is 0 Å². The van der Waals surface area contributed by atoms with E-state index in [0.29, 0.717) is 17.7 Å². The van der Waals surface area contributed by atoms with E-state index in [2.05, 4.69) is 44.7 Å². The van der Waals surface area contributed by atoms with Gasteiger partial charge in [0.2, 0.25) is 0 Å². The molecule has 98 valence electrons. The lowest BCUT2D eigenvalue weighted by Gasteiger charge is -2.31. The third kappa shape index (κ3) is 3.70. The van der Waals surface area contributed by atoms with E-state index >= 15 is 0 Å². The van der Waals surface area contributed by atoms with Crippen molar-refractivity contribution in [3.8, 4) is 0 Å². The highest BCUT2D eigenvalue weighted by molar-refractivity contribution is 6.18. The van der Waals surface area contributed by atoms with E-state index in [0.717, 1.165) is 18.8 Å². The van der Waals surface area contributed by atoms with E-state index in [1.807, 2.05) is 4.68 Å². The molecule has 1 heterocycles. The van der Waals surface area contributed by atoms with E-state index in [-0.39, 0.29) is 5.41 Å². The average Bonchev–Trinajstić information content (AvgIpc) is 2.64. The van der Waals surface area contributed by atoms with Crippen LogP contribution in [0, 0.1) is 17.3 Å². The smallest absolute Gasteiger partial charge is 0.138 e. The molecule has 0 saturated carbocycles. The summed E-state index contributed by atoms with van der Waals surface area (Å²) in [6, 6.07) is 0. The van der Waals surface area contributed by atoms with Crippen molar-refractivity contribution in [3.05, 3.63) is 12.2 Å². The van der Waals surface area contributed by atoms with Crippen molar-refractivity contribution >= 4 is 11.6 Å². The van der Waals surface area contributed by atoms with Crippen molar-refractivity contribution in [1.82, 2.24) is 14.8 Å². The second-order valence-corrected chi connectivity index (χ2v) is 6.14. The van der Waals surface area contributed by atoms with E-state index < -0.39 is 0 Å². The van der Waals surface area contributed by atoms with Gasteiger partial charge in [-0.05, 0) is 17.3 Å². The third-order valence-electron chi connectivity index (χ3n) is 3.49. The molecule has 0 amide bonds. The summed E-state index contributed by atoms with van der Waals surface area (Å²) in [7, 11) is 0. The second-order valence-electron chi connectivity index (χ2n) is 5.87. The SMILES string of the molecule is CC(C)Cn1ncnc1CC(C)(CCl)C(C)C. The molecule has 0 aromatic carbocycles. The zero-order valence-corrected chi connectivity index (χ0v) is 12.3. The Morgan fingerprint density at radius 3 is 2.47 bits per heavy atom. The Morgan fingerprint density at radius 2 is 2.00 bits per heavy atom. The van der Waals surface area contributed by atoms with Crippen LogP contribution in [0.2, 0.25) is 0 Å². The molecule has 1 unspecified atom stereocenters. The predicted octanol–water partition coefficient (Wildman–Crippen LogP) is 3.38. The summed E-state index contributed by atoms with van der Waals surface area (Å²) >= 11 is 6.12. The van der Waals surface area contributed by atoms with Gasteiger partial charge in [-0.2, -0.15) is 5.10 Å². The van der Waals surface area contributed by atoms with Gasteiger partial charge in [0.15, 0.2) is 0 Å². The molecule has 0 bridgehead atoms. The summed E-state index contributed by atoms with van der Waals surface area (Å²) in [5.74, 6) is 2.82. The number of aromatic nitrogens is 3. The maximum atomic E-state index is 6.12. The summed E-state index contributed by atoms with van der Waals surface area (Å²) < 4.78 is 2.01. The quantitative estimate of drug-likeness (QED) is 0.732. The lowest BCUT2D eigenvalue weighted by atomic mass is 9.78. The molecule has 0 fully saturated rings. The number of alkyl halides is 1. The maximum absolute atomic E-state index is 6.12. The first-order chi connectivity index (χ1) is 7.89. The fourth-order valence-electron chi connectivity index (χ4n) is 1.69. The number of hydrogen-bond acceptors (Lipinski definition) is 2. The van der Waals surface area contributed by atoms with Gasteiger partial charge in [0, 0.05) is 18.8 Å². The zero-order valence-electron chi connectivity index (χ0n) is 11.6. The van der Waals surface area contributed by atoms with Gasteiger partial charge in [-0.1, -0.05) is 34.6 Å². The molecule has 0 aliphatic heterocycles. The van der Waals surface area contributed by atoms with Crippen LogP contribution in [0.5, 0.6) is 0 Å². The van der Waals surface area contributed by atoms with Crippen molar-refractivity contribution in [3.63, 3.8) is 0 Å². The Balaban J connectivity index is 2.83. The minimum atomic E-state index is 0.0866. The molecule has 0 spiro atoms. The van der Waals surface area contributed by atoms with Crippen molar-refractivity contribution in [2.24, 2.45) is 17.3 Å². The Hall–Kier alpha value is -0.570. The normalized spacial score (nSPS) is 15.5. The minimum absolute atomic E-state index is 0.0866. The van der Waals surface area contributed by atoms with Crippen molar-refractivity contribution in [2.75, 3.05) is 5.88 Å². The molecular weight excluding hydrogens is 234 g/mol. The molecule has 0 saturated heterocycles. The molecule has 3 nitrogen and oxygen atoms in total. The lowest BCUT2D eigenvalue weighted by Crippen LogP contribution is -2.30. The van der Waals surface area contributed by atoms with Crippen molar-refractivity contribution in [2.45, 2.75) is 47.6 Å². The lowest BCUT2D eigenvalue weighted by molar-refractivity contribution is 0.242. The Kier molecular flexibility index (Phi) is 4.99. The summed E-state index contributed by atoms with van der Waals surface area (Å²) in [4.78, 5) is 4.38. The van der Waals surface area contributed by atoms with Gasteiger partial charge in [0.25, 0.3) is 0 Å². The van der Waals surface area contributed by atoms with Gasteiger partial charge in [0.1, 0.15) is 12.2 Å². The molecule has 0 N–H and O–H groups in total. The molecule has 0 radical (unpaired) electrons. The highest BCUT2D eigenvalue weighted by atomic mass is 35.5. The van der Waals surface area contributed by atoms with Crippen LogP contribution in [0.4, 0.5) is 0 Å². The minimum Gasteiger partial charge on any atom is -0.250 e. The largest absolute Gasteiger partial charge is 0.250 e. The van der Waals surface area contributed by atoms with Crippen LogP contribution in [0.1, 0.15) is 40.4 Å². The fraction of sp³-hybridized carbons (Fsp3) is 0.846. The number of halogens is 1. The molecule has 1 aromatic heterocycles. The summed E-state index contributed by atoms with van der Waals surface area (Å²) in [6.07, 6.45) is 2.54. The molecular formula is C13H24ClN3. The van der Waals surface area contributed by atoms with Gasteiger partial charge in [-0.15, -0.1) is 11.6 Å². The van der Waals surface area contributed by atoms with Crippen molar-refractivity contribution in [1.29, 1.82) is 0 Å². The molecule has 0 aliphatic rings. The van der Waals surface area contributed by atoms with Gasteiger partial charge in [-0.25, -0.2) is 9.67 Å². The fourth-order valence-corrected chi connectivity index (χ4v) is 2.09. The molecule has 4 heteroatoms. The first kappa shape index (κ1) is 14.5. The standard InChI is InChI=1S/C13H24ClN3/c1-10(2)7-17-12(15-9-16-17)6-13(5,8-14)11(3)4/h9-11H,6-8H2,1-5H3. The summed E-state index contributed by atoms with van der Waals surface area (Å²) in [5, 5.41) is 4.30. The Labute approximate surface area is 110 Å². The van der Waals surface area contributed by atoms with Crippen LogP contribution >= 0.6 is 11.6 Å². The highest BCUT2D eigenvalue weighted by Gasteiger charge is 2.29. The maximum Gasteiger partial charge on any atom is 0.138 e. The van der Waals surface area contributed by atoms with E-state index in [9.17, 15) is 0 Å². The predicted molar refractivity (Wildman–Crippen MR) is 72.2 cm³/mol. The zero-order chi connectivity index (χ0) is 13.1. The van der Waals surface area contributed by atoms with E-state index in [1.54, 1.807) is 6.33 Å². The van der Waals surface area contributed by atoms with Crippen LogP contribution in [0.15, 0.2) is 6.33 Å². The average molecular weight is 258 g/mol. The van der Waals surface area contributed by atoms with Crippen LogP contribution in [0.3, 0.4) is 0 Å². The molecule has 1 aromatic rings.